The second kappa shape index (κ2) is 6.51. The summed E-state index contributed by atoms with van der Waals surface area (Å²) in [6, 6.07) is 10.1. The first-order valence-electron chi connectivity index (χ1n) is 7.13. The molecule has 3 nitrogen and oxygen atoms in total. The average Bonchev–Trinajstić information content (AvgIpc) is 2.88. The Morgan fingerprint density at radius 1 is 1.26 bits per heavy atom. The van der Waals surface area contributed by atoms with Crippen molar-refractivity contribution < 1.29 is 9.84 Å². The minimum Gasteiger partial charge on any atom is -0.387 e. The fourth-order valence-corrected chi connectivity index (χ4v) is 3.05. The highest BCUT2D eigenvalue weighted by molar-refractivity contribution is 5.19. The quantitative estimate of drug-likeness (QED) is 0.886. The van der Waals surface area contributed by atoms with E-state index in [0.717, 1.165) is 25.1 Å². The number of aliphatic hydroxyl groups is 1. The lowest BCUT2D eigenvalue weighted by Crippen LogP contribution is -2.42. The molecule has 2 rings (SSSR count). The van der Waals surface area contributed by atoms with Gasteiger partial charge in [0.25, 0.3) is 0 Å². The van der Waals surface area contributed by atoms with Crippen LogP contribution in [-0.4, -0.2) is 42.4 Å². The first-order valence-corrected chi connectivity index (χ1v) is 7.13. The summed E-state index contributed by atoms with van der Waals surface area (Å²) < 4.78 is 5.43. The Labute approximate surface area is 116 Å². The Morgan fingerprint density at radius 3 is 2.47 bits per heavy atom. The number of ether oxygens (including phenoxy) is 1. The van der Waals surface area contributed by atoms with E-state index in [1.54, 1.807) is 7.11 Å². The van der Waals surface area contributed by atoms with Gasteiger partial charge in [0.2, 0.25) is 0 Å². The van der Waals surface area contributed by atoms with E-state index >= 15 is 0 Å². The molecule has 1 heterocycles. The molecule has 0 spiro atoms. The van der Waals surface area contributed by atoms with Gasteiger partial charge in [-0.1, -0.05) is 44.2 Å². The highest BCUT2D eigenvalue weighted by atomic mass is 16.5. The summed E-state index contributed by atoms with van der Waals surface area (Å²) in [6.45, 7) is 6.28. The Kier molecular flexibility index (Phi) is 4.97. The first kappa shape index (κ1) is 14.5. The number of rotatable bonds is 5. The van der Waals surface area contributed by atoms with E-state index in [0.29, 0.717) is 12.0 Å². The fraction of sp³-hybridized carbons (Fsp3) is 0.625. The van der Waals surface area contributed by atoms with Crippen LogP contribution in [0.15, 0.2) is 30.3 Å². The SMILES string of the molecule is COC1CCN(C(C(C)C)C(O)c2ccccc2)C1. The largest absolute Gasteiger partial charge is 0.387 e. The molecule has 0 radical (unpaired) electrons. The van der Waals surface area contributed by atoms with Gasteiger partial charge in [-0.2, -0.15) is 0 Å². The van der Waals surface area contributed by atoms with Crippen LogP contribution in [0.1, 0.15) is 31.9 Å². The number of hydrogen-bond acceptors (Lipinski definition) is 3. The molecule has 106 valence electrons. The molecule has 19 heavy (non-hydrogen) atoms. The molecule has 0 aliphatic carbocycles. The number of nitrogens with zero attached hydrogens (tertiary/aromatic N) is 1. The summed E-state index contributed by atoms with van der Waals surface area (Å²) in [5, 5.41) is 10.7. The Morgan fingerprint density at radius 2 is 1.95 bits per heavy atom. The maximum atomic E-state index is 10.7. The highest BCUT2D eigenvalue weighted by Crippen LogP contribution is 2.29. The third-order valence-corrected chi connectivity index (χ3v) is 4.08. The second-order valence-corrected chi connectivity index (χ2v) is 5.73. The van der Waals surface area contributed by atoms with Gasteiger partial charge in [0.05, 0.1) is 12.2 Å². The zero-order valence-corrected chi connectivity index (χ0v) is 12.1. The molecule has 1 aromatic carbocycles. The van der Waals surface area contributed by atoms with E-state index < -0.39 is 6.10 Å². The van der Waals surface area contributed by atoms with Crippen molar-refractivity contribution in [3.8, 4) is 0 Å². The Bertz CT molecular complexity index is 380. The van der Waals surface area contributed by atoms with Crippen molar-refractivity contribution in [1.82, 2.24) is 4.90 Å². The molecular formula is C16H25NO2. The number of likely N-dealkylation sites (tertiary alicyclic amines) is 1. The van der Waals surface area contributed by atoms with Crippen molar-refractivity contribution >= 4 is 0 Å². The van der Waals surface area contributed by atoms with Crippen molar-refractivity contribution in [3.05, 3.63) is 35.9 Å². The topological polar surface area (TPSA) is 32.7 Å². The number of methoxy groups -OCH3 is 1. The smallest absolute Gasteiger partial charge is 0.0947 e. The fourth-order valence-electron chi connectivity index (χ4n) is 3.05. The lowest BCUT2D eigenvalue weighted by atomic mass is 9.92. The van der Waals surface area contributed by atoms with Crippen LogP contribution < -0.4 is 0 Å². The Balaban J connectivity index is 2.12. The zero-order chi connectivity index (χ0) is 13.8. The standard InChI is InChI=1S/C16H25NO2/c1-12(2)15(17-10-9-14(11-17)19-3)16(18)13-7-5-4-6-8-13/h4-8,12,14-16,18H,9-11H2,1-3H3. The molecule has 0 bridgehead atoms. The van der Waals surface area contributed by atoms with Gasteiger partial charge in [-0.15, -0.1) is 0 Å². The highest BCUT2D eigenvalue weighted by Gasteiger charge is 2.34. The molecule has 1 fully saturated rings. The van der Waals surface area contributed by atoms with Crippen LogP contribution in [0.25, 0.3) is 0 Å². The van der Waals surface area contributed by atoms with Crippen molar-refractivity contribution in [2.75, 3.05) is 20.2 Å². The van der Waals surface area contributed by atoms with Crippen molar-refractivity contribution in [2.45, 2.75) is 38.5 Å². The summed E-state index contributed by atoms with van der Waals surface area (Å²) in [4.78, 5) is 2.37. The van der Waals surface area contributed by atoms with E-state index in [9.17, 15) is 5.11 Å². The summed E-state index contributed by atoms with van der Waals surface area (Å²) in [5.41, 5.74) is 1.00. The van der Waals surface area contributed by atoms with E-state index in [-0.39, 0.29) is 6.04 Å². The van der Waals surface area contributed by atoms with Crippen LogP contribution in [0.4, 0.5) is 0 Å². The molecule has 1 aliphatic rings. The van der Waals surface area contributed by atoms with Gasteiger partial charge in [-0.25, -0.2) is 0 Å². The lowest BCUT2D eigenvalue weighted by Gasteiger charge is -2.35. The van der Waals surface area contributed by atoms with Crippen molar-refractivity contribution in [3.63, 3.8) is 0 Å². The van der Waals surface area contributed by atoms with Crippen molar-refractivity contribution in [2.24, 2.45) is 5.92 Å². The third kappa shape index (κ3) is 3.35. The predicted octanol–water partition coefficient (Wildman–Crippen LogP) is 2.47. The maximum Gasteiger partial charge on any atom is 0.0947 e. The van der Waals surface area contributed by atoms with E-state index in [1.807, 2.05) is 30.3 Å². The molecule has 1 saturated heterocycles. The van der Waals surface area contributed by atoms with E-state index in [1.165, 1.54) is 0 Å². The molecule has 1 N–H and O–H groups in total. The molecule has 0 saturated carbocycles. The monoisotopic (exact) mass is 263 g/mol. The predicted molar refractivity (Wildman–Crippen MR) is 77.0 cm³/mol. The van der Waals surface area contributed by atoms with E-state index in [2.05, 4.69) is 18.7 Å². The van der Waals surface area contributed by atoms with Gasteiger partial charge in [-0.05, 0) is 17.9 Å². The summed E-state index contributed by atoms with van der Waals surface area (Å²) >= 11 is 0. The summed E-state index contributed by atoms with van der Waals surface area (Å²) in [5.74, 6) is 0.408. The van der Waals surface area contributed by atoms with Crippen molar-refractivity contribution in [1.29, 1.82) is 0 Å². The minimum absolute atomic E-state index is 0.155. The first-order chi connectivity index (χ1) is 9.13. The van der Waals surface area contributed by atoms with Crippen LogP contribution in [0.5, 0.6) is 0 Å². The Hall–Kier alpha value is -0.900. The number of benzene rings is 1. The van der Waals surface area contributed by atoms with Gasteiger partial charge in [-0.3, -0.25) is 4.90 Å². The lowest BCUT2D eigenvalue weighted by molar-refractivity contribution is 0.0235. The van der Waals surface area contributed by atoms with E-state index in [4.69, 9.17) is 4.74 Å². The molecule has 0 aromatic heterocycles. The summed E-state index contributed by atoms with van der Waals surface area (Å²) in [7, 11) is 1.77. The second-order valence-electron chi connectivity index (χ2n) is 5.73. The van der Waals surface area contributed by atoms with Crippen LogP contribution in [-0.2, 0) is 4.74 Å². The van der Waals surface area contributed by atoms with Crippen LogP contribution in [0.3, 0.4) is 0 Å². The summed E-state index contributed by atoms with van der Waals surface area (Å²) in [6.07, 6.45) is 0.933. The molecule has 1 aliphatic heterocycles. The van der Waals surface area contributed by atoms with Gasteiger partial charge >= 0.3 is 0 Å². The normalized spacial score (nSPS) is 23.7. The number of hydrogen-bond donors (Lipinski definition) is 1. The van der Waals surface area contributed by atoms with Gasteiger partial charge < -0.3 is 9.84 Å². The molecule has 3 unspecified atom stereocenters. The molecule has 1 aromatic rings. The van der Waals surface area contributed by atoms with Crippen LogP contribution in [0.2, 0.25) is 0 Å². The molecular weight excluding hydrogens is 238 g/mol. The molecule has 3 atom stereocenters. The van der Waals surface area contributed by atoms with Crippen LogP contribution >= 0.6 is 0 Å². The van der Waals surface area contributed by atoms with Gasteiger partial charge in [0.15, 0.2) is 0 Å². The molecule has 3 heteroatoms. The van der Waals surface area contributed by atoms with Gasteiger partial charge in [0.1, 0.15) is 0 Å². The third-order valence-electron chi connectivity index (χ3n) is 4.08. The minimum atomic E-state index is -0.434. The molecule has 0 amide bonds. The average molecular weight is 263 g/mol. The number of aliphatic hydroxyl groups excluding tert-OH is 1. The maximum absolute atomic E-state index is 10.7. The zero-order valence-electron chi connectivity index (χ0n) is 12.1. The van der Waals surface area contributed by atoms with Crippen LogP contribution in [0, 0.1) is 5.92 Å². The van der Waals surface area contributed by atoms with Gasteiger partial charge in [0, 0.05) is 26.2 Å².